The van der Waals surface area contributed by atoms with Crippen molar-refractivity contribution in [3.05, 3.63) is 82.4 Å². The number of nitrogens with zero attached hydrogens (tertiary/aromatic N) is 2. The molecule has 228 valence electrons. The fourth-order valence-corrected chi connectivity index (χ4v) is 5.61. The van der Waals surface area contributed by atoms with Gasteiger partial charge in [-0.15, -0.1) is 13.2 Å². The van der Waals surface area contributed by atoms with Gasteiger partial charge in [-0.3, -0.25) is 0 Å². The number of nitrogens with one attached hydrogen (secondary N) is 1. The normalized spacial score (nSPS) is 17.2. The summed E-state index contributed by atoms with van der Waals surface area (Å²) in [6.07, 6.45) is -5.63. The number of rotatable bonds is 5. The molecule has 0 unspecified atom stereocenters. The SMILES string of the molecule is CC(C)(C)OC(=O)N[C@@H]1C[C@H](c2c(Cl)cccc2OC(F)(F)F)n2c1nc1cc(F)c(-c3ccc(C(C)(C)N)cc3)cc12. The lowest BCUT2D eigenvalue weighted by molar-refractivity contribution is -0.275. The first-order valence-electron chi connectivity index (χ1n) is 13.6. The Morgan fingerprint density at radius 3 is 2.35 bits per heavy atom. The van der Waals surface area contributed by atoms with E-state index in [1.54, 1.807) is 43.5 Å². The van der Waals surface area contributed by atoms with E-state index in [2.05, 4.69) is 15.0 Å². The van der Waals surface area contributed by atoms with E-state index in [9.17, 15) is 18.0 Å². The van der Waals surface area contributed by atoms with Crippen LogP contribution in [0.4, 0.5) is 22.4 Å². The predicted octanol–water partition coefficient (Wildman–Crippen LogP) is 8.15. The van der Waals surface area contributed by atoms with Crippen LogP contribution in [-0.4, -0.2) is 27.6 Å². The Morgan fingerprint density at radius 2 is 1.74 bits per heavy atom. The topological polar surface area (TPSA) is 91.4 Å². The number of carbonyl (C=O) groups is 1. The second-order valence-corrected chi connectivity index (χ2v) is 12.5. The number of alkyl carbamates (subject to hydrolysis) is 1. The summed E-state index contributed by atoms with van der Waals surface area (Å²) in [5, 5.41) is 2.79. The van der Waals surface area contributed by atoms with Crippen LogP contribution in [0.5, 0.6) is 5.75 Å². The highest BCUT2D eigenvalue weighted by molar-refractivity contribution is 6.31. The van der Waals surface area contributed by atoms with Gasteiger partial charge in [-0.2, -0.15) is 0 Å². The average Bonchev–Trinajstić information content (AvgIpc) is 3.38. The van der Waals surface area contributed by atoms with Crippen molar-refractivity contribution in [3.63, 3.8) is 0 Å². The molecule has 4 aromatic rings. The Balaban J connectivity index is 1.67. The zero-order valence-electron chi connectivity index (χ0n) is 24.1. The minimum atomic E-state index is -4.98. The highest BCUT2D eigenvalue weighted by Crippen LogP contribution is 2.47. The molecule has 7 nitrogen and oxygen atoms in total. The summed E-state index contributed by atoms with van der Waals surface area (Å²) in [4.78, 5) is 17.4. The van der Waals surface area contributed by atoms with Crippen molar-refractivity contribution in [3.8, 4) is 16.9 Å². The lowest BCUT2D eigenvalue weighted by Crippen LogP contribution is -2.34. The zero-order chi connectivity index (χ0) is 31.5. The monoisotopic (exact) mass is 618 g/mol. The van der Waals surface area contributed by atoms with E-state index in [0.717, 1.165) is 5.56 Å². The van der Waals surface area contributed by atoms with Gasteiger partial charge >= 0.3 is 12.5 Å². The molecule has 1 aliphatic heterocycles. The number of ether oxygens (including phenoxy) is 2. The van der Waals surface area contributed by atoms with Crippen molar-refractivity contribution in [1.29, 1.82) is 0 Å². The van der Waals surface area contributed by atoms with Gasteiger partial charge in [0.15, 0.2) is 0 Å². The Bertz CT molecular complexity index is 1690. The van der Waals surface area contributed by atoms with Gasteiger partial charge in [-0.05, 0) is 63.9 Å². The molecule has 5 rings (SSSR count). The summed E-state index contributed by atoms with van der Waals surface area (Å²) in [6, 6.07) is 12.3. The van der Waals surface area contributed by atoms with Gasteiger partial charge in [0, 0.05) is 34.2 Å². The first-order chi connectivity index (χ1) is 19.9. The van der Waals surface area contributed by atoms with Crippen LogP contribution in [0.3, 0.4) is 0 Å². The maximum absolute atomic E-state index is 15.5. The van der Waals surface area contributed by atoms with Crippen LogP contribution < -0.4 is 15.8 Å². The van der Waals surface area contributed by atoms with E-state index in [1.165, 1.54) is 24.3 Å². The van der Waals surface area contributed by atoms with Crippen LogP contribution in [-0.2, 0) is 10.3 Å². The molecule has 0 fully saturated rings. The molecule has 0 radical (unpaired) electrons. The summed E-state index contributed by atoms with van der Waals surface area (Å²) < 4.78 is 67.2. The molecule has 0 bridgehead atoms. The van der Waals surface area contributed by atoms with Crippen LogP contribution in [0.15, 0.2) is 54.6 Å². The summed E-state index contributed by atoms with van der Waals surface area (Å²) in [5.74, 6) is -0.727. The number of amides is 1. The van der Waals surface area contributed by atoms with E-state index in [0.29, 0.717) is 16.9 Å². The fourth-order valence-electron chi connectivity index (χ4n) is 5.32. The Kier molecular flexibility index (Phi) is 7.63. The fraction of sp³-hybridized carbons (Fsp3) is 0.355. The number of alkyl halides is 3. The van der Waals surface area contributed by atoms with Crippen molar-refractivity contribution in [2.45, 2.75) is 70.6 Å². The molecule has 2 heterocycles. The number of nitrogens with two attached hydrogens (primary N) is 1. The summed E-state index contributed by atoms with van der Waals surface area (Å²) in [7, 11) is 0. The molecule has 0 spiro atoms. The largest absolute Gasteiger partial charge is 0.573 e. The van der Waals surface area contributed by atoms with Gasteiger partial charge in [-0.25, -0.2) is 14.2 Å². The smallest absolute Gasteiger partial charge is 0.444 e. The third-order valence-corrected chi connectivity index (χ3v) is 7.42. The van der Waals surface area contributed by atoms with Crippen molar-refractivity contribution in [1.82, 2.24) is 14.9 Å². The van der Waals surface area contributed by atoms with Crippen LogP contribution in [0, 0.1) is 5.82 Å². The van der Waals surface area contributed by atoms with Crippen molar-refractivity contribution in [2.75, 3.05) is 0 Å². The van der Waals surface area contributed by atoms with E-state index in [1.807, 2.05) is 26.0 Å². The molecule has 3 aromatic carbocycles. The Labute approximate surface area is 250 Å². The molecule has 3 N–H and O–H groups in total. The number of benzene rings is 3. The molecular weight excluding hydrogens is 588 g/mol. The highest BCUT2D eigenvalue weighted by Gasteiger charge is 2.41. The molecular formula is C31H31ClF4N4O3. The summed E-state index contributed by atoms with van der Waals surface area (Å²) >= 11 is 6.50. The van der Waals surface area contributed by atoms with Gasteiger partial charge in [0.1, 0.15) is 23.0 Å². The van der Waals surface area contributed by atoms with Gasteiger partial charge < -0.3 is 25.1 Å². The van der Waals surface area contributed by atoms with Crippen molar-refractivity contribution < 1.29 is 31.8 Å². The standard InChI is InChI=1S/C31H31ClF4N4O3/c1-29(2,3)43-28(41)39-22-15-24(26-19(32)7-6-8-25(26)42-31(34,35)36)40-23-13-18(20(33)14-21(23)38-27(22)40)16-9-11-17(12-10-16)30(4,5)37/h6-14,22,24H,15,37H2,1-5H3,(H,39,41)/t22-,24-/m1/s1. The number of hydrogen-bond donors (Lipinski definition) is 2. The van der Waals surface area contributed by atoms with Crippen LogP contribution >= 0.6 is 11.6 Å². The van der Waals surface area contributed by atoms with Gasteiger partial charge in [-0.1, -0.05) is 41.9 Å². The molecule has 43 heavy (non-hydrogen) atoms. The average molecular weight is 619 g/mol. The molecule has 0 aliphatic carbocycles. The van der Waals surface area contributed by atoms with Gasteiger partial charge in [0.25, 0.3) is 0 Å². The minimum Gasteiger partial charge on any atom is -0.444 e. The number of carbonyl (C=O) groups excluding carboxylic acids is 1. The number of aromatic nitrogens is 2. The molecule has 0 saturated heterocycles. The van der Waals surface area contributed by atoms with Crippen LogP contribution in [0.2, 0.25) is 5.02 Å². The second kappa shape index (κ2) is 10.7. The predicted molar refractivity (Wildman–Crippen MR) is 155 cm³/mol. The molecule has 2 atom stereocenters. The van der Waals surface area contributed by atoms with E-state index < -0.39 is 47.2 Å². The number of halogens is 5. The lowest BCUT2D eigenvalue weighted by Gasteiger charge is -2.22. The highest BCUT2D eigenvalue weighted by atomic mass is 35.5. The van der Waals surface area contributed by atoms with Gasteiger partial charge in [0.2, 0.25) is 0 Å². The molecule has 1 aromatic heterocycles. The molecule has 0 saturated carbocycles. The lowest BCUT2D eigenvalue weighted by atomic mass is 9.93. The first kappa shape index (κ1) is 30.6. The van der Waals surface area contributed by atoms with E-state index >= 15 is 4.39 Å². The number of imidazole rings is 1. The maximum atomic E-state index is 15.5. The zero-order valence-corrected chi connectivity index (χ0v) is 24.9. The van der Waals surface area contributed by atoms with Crippen molar-refractivity contribution >= 4 is 28.7 Å². The third-order valence-electron chi connectivity index (χ3n) is 7.09. The molecule has 1 amide bonds. The first-order valence-corrected chi connectivity index (χ1v) is 13.9. The van der Waals surface area contributed by atoms with Crippen molar-refractivity contribution in [2.24, 2.45) is 5.73 Å². The second-order valence-electron chi connectivity index (χ2n) is 12.1. The van der Waals surface area contributed by atoms with Crippen LogP contribution in [0.25, 0.3) is 22.2 Å². The Morgan fingerprint density at radius 1 is 1.07 bits per heavy atom. The third kappa shape index (κ3) is 6.42. The van der Waals surface area contributed by atoms with Gasteiger partial charge in [0.05, 0.1) is 23.1 Å². The van der Waals surface area contributed by atoms with E-state index in [-0.39, 0.29) is 28.1 Å². The number of hydrogen-bond acceptors (Lipinski definition) is 5. The quantitative estimate of drug-likeness (QED) is 0.220. The molecule has 1 aliphatic rings. The van der Waals surface area contributed by atoms with Crippen LogP contribution in [0.1, 0.15) is 70.1 Å². The van der Waals surface area contributed by atoms with E-state index in [4.69, 9.17) is 22.1 Å². The minimum absolute atomic E-state index is 0.0276. The Hall–Kier alpha value is -3.83. The summed E-state index contributed by atoms with van der Waals surface area (Å²) in [5.41, 5.74) is 7.22. The summed E-state index contributed by atoms with van der Waals surface area (Å²) in [6.45, 7) is 8.83. The number of fused-ring (bicyclic) bond motifs is 3. The molecule has 12 heteroatoms. The maximum Gasteiger partial charge on any atom is 0.573 e.